The van der Waals surface area contributed by atoms with Crippen LogP contribution in [0, 0.1) is 0 Å². The first-order valence-corrected chi connectivity index (χ1v) is 8.13. The summed E-state index contributed by atoms with van der Waals surface area (Å²) in [5.41, 5.74) is 0.560. The fraction of sp³-hybridized carbons (Fsp3) is 0.375. The van der Waals surface area contributed by atoms with Crippen molar-refractivity contribution in [2.45, 2.75) is 19.3 Å². The molecule has 0 spiro atoms. The van der Waals surface area contributed by atoms with Crippen LogP contribution in [-0.4, -0.2) is 41.3 Å². The van der Waals surface area contributed by atoms with Crippen molar-refractivity contribution in [1.82, 2.24) is 4.90 Å². The van der Waals surface area contributed by atoms with Gasteiger partial charge in [0.2, 0.25) is 0 Å². The molecule has 0 saturated carbocycles. The molecule has 0 bridgehead atoms. The van der Waals surface area contributed by atoms with Crippen LogP contribution >= 0.6 is 11.8 Å². The number of hydrogen-bond acceptors (Lipinski definition) is 5. The summed E-state index contributed by atoms with van der Waals surface area (Å²) in [4.78, 5) is 18.9. The lowest BCUT2D eigenvalue weighted by molar-refractivity contribution is -0.113. The number of piperidine rings is 1. The van der Waals surface area contributed by atoms with Crippen molar-refractivity contribution in [3.8, 4) is 11.5 Å². The van der Waals surface area contributed by atoms with E-state index in [1.165, 1.54) is 18.2 Å². The SMILES string of the molecule is COc1ccc(O)c(C=C2SC(N3CCCCC3)=NC2=O)c1. The molecular formula is C16H18N2O3S. The first-order valence-electron chi connectivity index (χ1n) is 7.32. The average Bonchev–Trinajstić information content (AvgIpc) is 2.91. The minimum Gasteiger partial charge on any atom is -0.507 e. The second kappa shape index (κ2) is 6.44. The number of thioether (sulfide) groups is 1. The van der Waals surface area contributed by atoms with E-state index in [0.29, 0.717) is 16.2 Å². The van der Waals surface area contributed by atoms with E-state index in [2.05, 4.69) is 9.89 Å². The Balaban J connectivity index is 1.80. The molecule has 3 rings (SSSR count). The third-order valence-electron chi connectivity index (χ3n) is 3.76. The molecule has 6 heteroatoms. The van der Waals surface area contributed by atoms with Crippen LogP contribution in [-0.2, 0) is 4.79 Å². The maximum atomic E-state index is 12.1. The maximum absolute atomic E-state index is 12.1. The molecule has 0 aliphatic carbocycles. The fourth-order valence-electron chi connectivity index (χ4n) is 2.53. The van der Waals surface area contributed by atoms with Gasteiger partial charge in [0, 0.05) is 18.7 Å². The summed E-state index contributed by atoms with van der Waals surface area (Å²) in [6, 6.07) is 4.94. The highest BCUT2D eigenvalue weighted by Gasteiger charge is 2.27. The van der Waals surface area contributed by atoms with Crippen molar-refractivity contribution in [3.63, 3.8) is 0 Å². The summed E-state index contributed by atoms with van der Waals surface area (Å²) < 4.78 is 5.15. The highest BCUT2D eigenvalue weighted by molar-refractivity contribution is 8.18. The van der Waals surface area contributed by atoms with Gasteiger partial charge in [0.25, 0.3) is 5.91 Å². The Hall–Kier alpha value is -1.95. The maximum Gasteiger partial charge on any atom is 0.286 e. The van der Waals surface area contributed by atoms with Crippen molar-refractivity contribution in [3.05, 3.63) is 28.7 Å². The molecule has 1 fully saturated rings. The van der Waals surface area contributed by atoms with Crippen LogP contribution in [0.5, 0.6) is 11.5 Å². The molecule has 1 aromatic carbocycles. The first-order chi connectivity index (χ1) is 10.7. The Morgan fingerprint density at radius 3 is 2.82 bits per heavy atom. The van der Waals surface area contributed by atoms with Crippen LogP contribution in [0.4, 0.5) is 0 Å². The molecule has 0 radical (unpaired) electrons. The van der Waals surface area contributed by atoms with Crippen LogP contribution in [0.1, 0.15) is 24.8 Å². The summed E-state index contributed by atoms with van der Waals surface area (Å²) in [5, 5.41) is 10.7. The number of aliphatic imine (C=N–C) groups is 1. The van der Waals surface area contributed by atoms with Gasteiger partial charge in [-0.1, -0.05) is 0 Å². The molecule has 2 heterocycles. The molecule has 2 aliphatic rings. The van der Waals surface area contributed by atoms with Gasteiger partial charge in [0.15, 0.2) is 5.17 Å². The third-order valence-corrected chi connectivity index (χ3v) is 4.80. The zero-order chi connectivity index (χ0) is 15.5. The summed E-state index contributed by atoms with van der Waals surface area (Å²) >= 11 is 1.38. The molecule has 5 nitrogen and oxygen atoms in total. The van der Waals surface area contributed by atoms with Gasteiger partial charge in [-0.3, -0.25) is 4.79 Å². The zero-order valence-electron chi connectivity index (χ0n) is 12.4. The number of phenolic OH excluding ortho intramolecular Hbond substituents is 1. The highest BCUT2D eigenvalue weighted by atomic mass is 32.2. The van der Waals surface area contributed by atoms with Crippen molar-refractivity contribution in [2.75, 3.05) is 20.2 Å². The van der Waals surface area contributed by atoms with Gasteiger partial charge in [-0.25, -0.2) is 0 Å². The van der Waals surface area contributed by atoms with E-state index in [9.17, 15) is 9.90 Å². The topological polar surface area (TPSA) is 62.1 Å². The standard InChI is InChI=1S/C16H18N2O3S/c1-21-12-5-6-13(19)11(9-12)10-14-15(20)17-16(22-14)18-7-3-2-4-8-18/h5-6,9-10,19H,2-4,7-8H2,1H3. The predicted molar refractivity (Wildman–Crippen MR) is 88.1 cm³/mol. The van der Waals surface area contributed by atoms with Gasteiger partial charge in [-0.05, 0) is 55.3 Å². The number of carbonyl (C=O) groups is 1. The molecule has 1 amide bonds. The number of carbonyl (C=O) groups excluding carboxylic acids is 1. The number of ether oxygens (including phenoxy) is 1. The summed E-state index contributed by atoms with van der Waals surface area (Å²) in [6.45, 7) is 1.91. The number of aromatic hydroxyl groups is 1. The Labute approximate surface area is 133 Å². The Morgan fingerprint density at radius 2 is 2.09 bits per heavy atom. The lowest BCUT2D eigenvalue weighted by Gasteiger charge is -2.27. The van der Waals surface area contributed by atoms with E-state index in [0.717, 1.165) is 31.1 Å². The van der Waals surface area contributed by atoms with Crippen LogP contribution in [0.3, 0.4) is 0 Å². The molecule has 0 unspecified atom stereocenters. The highest BCUT2D eigenvalue weighted by Crippen LogP contribution is 2.34. The van der Waals surface area contributed by atoms with Gasteiger partial charge in [-0.2, -0.15) is 4.99 Å². The largest absolute Gasteiger partial charge is 0.507 e. The van der Waals surface area contributed by atoms with Crippen molar-refractivity contribution >= 4 is 28.9 Å². The first kappa shape index (κ1) is 15.0. The van der Waals surface area contributed by atoms with Gasteiger partial charge < -0.3 is 14.7 Å². The third kappa shape index (κ3) is 3.11. The molecule has 0 atom stereocenters. The van der Waals surface area contributed by atoms with Gasteiger partial charge in [0.1, 0.15) is 11.5 Å². The van der Waals surface area contributed by atoms with Crippen LogP contribution < -0.4 is 4.74 Å². The monoisotopic (exact) mass is 318 g/mol. The number of amidine groups is 1. The summed E-state index contributed by atoms with van der Waals surface area (Å²) in [7, 11) is 1.57. The molecular weight excluding hydrogens is 300 g/mol. The van der Waals surface area contributed by atoms with E-state index in [1.807, 2.05) is 0 Å². The molecule has 1 aromatic rings. The Kier molecular flexibility index (Phi) is 4.38. The molecule has 22 heavy (non-hydrogen) atoms. The lowest BCUT2D eigenvalue weighted by Crippen LogP contribution is -2.33. The number of amides is 1. The number of phenols is 1. The molecule has 1 saturated heterocycles. The van der Waals surface area contributed by atoms with Crippen molar-refractivity contribution < 1.29 is 14.6 Å². The van der Waals surface area contributed by atoms with E-state index >= 15 is 0 Å². The smallest absolute Gasteiger partial charge is 0.286 e. The molecule has 1 N–H and O–H groups in total. The van der Waals surface area contributed by atoms with Crippen LogP contribution in [0.15, 0.2) is 28.1 Å². The minimum atomic E-state index is -0.243. The number of rotatable bonds is 2. The van der Waals surface area contributed by atoms with Crippen molar-refractivity contribution in [2.24, 2.45) is 4.99 Å². The van der Waals surface area contributed by atoms with Crippen LogP contribution in [0.25, 0.3) is 6.08 Å². The van der Waals surface area contributed by atoms with E-state index in [1.54, 1.807) is 31.4 Å². The number of hydrogen-bond donors (Lipinski definition) is 1. The van der Waals surface area contributed by atoms with Gasteiger partial charge >= 0.3 is 0 Å². The number of nitrogens with zero attached hydrogens (tertiary/aromatic N) is 2. The number of methoxy groups -OCH3 is 1. The molecule has 2 aliphatic heterocycles. The predicted octanol–water partition coefficient (Wildman–Crippen LogP) is 2.86. The number of benzene rings is 1. The van der Waals surface area contributed by atoms with E-state index < -0.39 is 0 Å². The molecule has 0 aromatic heterocycles. The van der Waals surface area contributed by atoms with E-state index in [4.69, 9.17) is 4.74 Å². The van der Waals surface area contributed by atoms with E-state index in [-0.39, 0.29) is 11.7 Å². The lowest BCUT2D eigenvalue weighted by atomic mass is 10.1. The Morgan fingerprint density at radius 1 is 1.32 bits per heavy atom. The summed E-state index contributed by atoms with van der Waals surface area (Å²) in [6.07, 6.45) is 5.20. The fourth-order valence-corrected chi connectivity index (χ4v) is 3.49. The second-order valence-corrected chi connectivity index (χ2v) is 6.29. The van der Waals surface area contributed by atoms with Gasteiger partial charge in [-0.15, -0.1) is 0 Å². The molecule has 116 valence electrons. The van der Waals surface area contributed by atoms with Crippen LogP contribution in [0.2, 0.25) is 0 Å². The van der Waals surface area contributed by atoms with Gasteiger partial charge in [0.05, 0.1) is 12.0 Å². The minimum absolute atomic E-state index is 0.119. The normalized spacial score (nSPS) is 20.4. The van der Waals surface area contributed by atoms with Crippen molar-refractivity contribution in [1.29, 1.82) is 0 Å². The average molecular weight is 318 g/mol. The quantitative estimate of drug-likeness (QED) is 0.850. The Bertz CT molecular complexity index is 649. The summed E-state index contributed by atoms with van der Waals surface area (Å²) in [5.74, 6) is 0.512. The second-order valence-electron chi connectivity index (χ2n) is 5.28. The zero-order valence-corrected chi connectivity index (χ0v) is 13.2. The number of likely N-dealkylation sites (tertiary alicyclic amines) is 1.